The van der Waals surface area contributed by atoms with Crippen molar-refractivity contribution in [2.24, 2.45) is 5.92 Å². The minimum atomic E-state index is -1.92. The van der Waals surface area contributed by atoms with Crippen LogP contribution in [0, 0.1) is 5.92 Å². The van der Waals surface area contributed by atoms with Crippen LogP contribution in [0.3, 0.4) is 0 Å². The van der Waals surface area contributed by atoms with Crippen LogP contribution in [0.4, 0.5) is 5.95 Å². The van der Waals surface area contributed by atoms with Gasteiger partial charge in [-0.2, -0.15) is 4.98 Å². The third kappa shape index (κ3) is 3.46. The molecule has 27 heavy (non-hydrogen) atoms. The van der Waals surface area contributed by atoms with Crippen LogP contribution in [-0.2, 0) is 4.43 Å². The smallest absolute Gasteiger partial charge is 0.280 e. The monoisotopic (exact) mass is 391 g/mol. The summed E-state index contributed by atoms with van der Waals surface area (Å²) in [6, 6.07) is -0.202. The lowest BCUT2D eigenvalue weighted by molar-refractivity contribution is 0.104. The molecule has 1 saturated carbocycles. The Hall–Kier alpha value is -1.97. The van der Waals surface area contributed by atoms with Crippen molar-refractivity contribution in [3.05, 3.63) is 28.8 Å². The fraction of sp³-hybridized carbons (Fsp3) is 0.611. The summed E-state index contributed by atoms with van der Waals surface area (Å²) in [5.41, 5.74) is 6.80. The van der Waals surface area contributed by atoms with Crippen LogP contribution in [0.2, 0.25) is 18.1 Å². The molecule has 4 N–H and O–H groups in total. The first-order valence-corrected chi connectivity index (χ1v) is 12.1. The molecular formula is C18H29N5O3Si. The molecule has 1 fully saturated rings. The van der Waals surface area contributed by atoms with Gasteiger partial charge in [0.05, 0.1) is 18.5 Å². The molecule has 148 valence electrons. The van der Waals surface area contributed by atoms with Crippen LogP contribution in [0.15, 0.2) is 23.3 Å². The predicted molar refractivity (Wildman–Crippen MR) is 108 cm³/mol. The third-order valence-electron chi connectivity index (χ3n) is 6.05. The molecule has 0 aromatic carbocycles. The zero-order chi connectivity index (χ0) is 20.1. The lowest BCUT2D eigenvalue weighted by Gasteiger charge is -2.37. The maximum absolute atomic E-state index is 12.0. The van der Waals surface area contributed by atoms with E-state index in [1.165, 1.54) is 0 Å². The first-order chi connectivity index (χ1) is 12.4. The number of nitrogen functional groups attached to an aromatic ring is 1. The summed E-state index contributed by atoms with van der Waals surface area (Å²) in [6.07, 6.45) is 1.47. The van der Waals surface area contributed by atoms with Gasteiger partial charge in [-0.1, -0.05) is 27.4 Å². The van der Waals surface area contributed by atoms with E-state index in [1.54, 1.807) is 10.9 Å². The van der Waals surface area contributed by atoms with E-state index >= 15 is 0 Å². The van der Waals surface area contributed by atoms with Crippen LogP contribution in [0.1, 0.15) is 33.2 Å². The lowest BCUT2D eigenvalue weighted by atomic mass is 10.0. The van der Waals surface area contributed by atoms with E-state index < -0.39 is 14.4 Å². The molecule has 1 aliphatic rings. The predicted octanol–water partition coefficient (Wildman–Crippen LogP) is 2.20. The SMILES string of the molecule is C=C1C(CO[Si](C)(C)C(C)(C)C)C(O)C[C@@H]1n1cnc2c(=O)[nH]c(N)nc21. The Labute approximate surface area is 159 Å². The Morgan fingerprint density at radius 1 is 1.48 bits per heavy atom. The highest BCUT2D eigenvalue weighted by Gasteiger charge is 2.42. The molecule has 3 rings (SSSR count). The van der Waals surface area contributed by atoms with E-state index in [4.69, 9.17) is 10.2 Å². The number of hydrogen-bond acceptors (Lipinski definition) is 6. The van der Waals surface area contributed by atoms with Gasteiger partial charge in [-0.25, -0.2) is 4.98 Å². The van der Waals surface area contributed by atoms with Crippen molar-refractivity contribution in [2.75, 3.05) is 12.3 Å². The van der Waals surface area contributed by atoms with Gasteiger partial charge in [0, 0.05) is 12.5 Å². The molecule has 0 bridgehead atoms. The summed E-state index contributed by atoms with van der Waals surface area (Å²) >= 11 is 0. The second-order valence-electron chi connectivity index (χ2n) is 8.85. The first kappa shape index (κ1) is 19.8. The Balaban J connectivity index is 1.85. The zero-order valence-corrected chi connectivity index (χ0v) is 17.6. The highest BCUT2D eigenvalue weighted by atomic mass is 28.4. The number of nitrogens with one attached hydrogen (secondary N) is 1. The average Bonchev–Trinajstić information content (AvgIpc) is 3.06. The van der Waals surface area contributed by atoms with Crippen molar-refractivity contribution in [3.8, 4) is 0 Å². The van der Waals surface area contributed by atoms with Crippen LogP contribution >= 0.6 is 0 Å². The summed E-state index contributed by atoms with van der Waals surface area (Å²) in [6.45, 7) is 15.6. The number of aliphatic hydroxyl groups excluding tert-OH is 1. The van der Waals surface area contributed by atoms with Crippen molar-refractivity contribution in [1.82, 2.24) is 19.5 Å². The summed E-state index contributed by atoms with van der Waals surface area (Å²) < 4.78 is 8.09. The van der Waals surface area contributed by atoms with Crippen molar-refractivity contribution in [1.29, 1.82) is 0 Å². The van der Waals surface area contributed by atoms with Gasteiger partial charge in [0.1, 0.15) is 0 Å². The van der Waals surface area contributed by atoms with Crippen molar-refractivity contribution in [3.63, 3.8) is 0 Å². The molecule has 2 heterocycles. The minimum Gasteiger partial charge on any atom is -0.416 e. The normalized spacial score (nSPS) is 24.1. The van der Waals surface area contributed by atoms with Crippen molar-refractivity contribution < 1.29 is 9.53 Å². The van der Waals surface area contributed by atoms with E-state index in [-0.39, 0.29) is 34.0 Å². The molecule has 0 spiro atoms. The number of imidazole rings is 1. The summed E-state index contributed by atoms with van der Waals surface area (Å²) in [5.74, 6) is -0.128. The number of H-pyrrole nitrogens is 1. The maximum atomic E-state index is 12.0. The fourth-order valence-corrected chi connectivity index (χ4v) is 4.26. The third-order valence-corrected chi connectivity index (χ3v) is 10.6. The average molecular weight is 392 g/mol. The Bertz CT molecular complexity index is 927. The Kier molecular flexibility index (Phi) is 4.81. The second kappa shape index (κ2) is 6.57. The Morgan fingerprint density at radius 3 is 2.78 bits per heavy atom. The molecule has 0 aliphatic heterocycles. The standard InChI is InChI=1S/C18H29N5O3Si/c1-10-11(8-26-27(5,6)18(2,3)4)13(24)7-12(10)23-9-20-14-15(23)21-17(19)22-16(14)25/h9,11-13,24H,1,7-8H2,2-6H3,(H3,19,21,22,25)/t11?,12-,13?/m0/s1. The summed E-state index contributed by atoms with van der Waals surface area (Å²) in [7, 11) is -1.92. The molecule has 0 amide bonds. The van der Waals surface area contributed by atoms with Crippen LogP contribution in [0.25, 0.3) is 11.2 Å². The number of aromatic amines is 1. The quantitative estimate of drug-likeness (QED) is 0.543. The zero-order valence-electron chi connectivity index (χ0n) is 16.6. The molecule has 0 saturated heterocycles. The van der Waals surface area contributed by atoms with Gasteiger partial charge < -0.3 is 19.8 Å². The number of rotatable bonds is 4. The molecule has 8 nitrogen and oxygen atoms in total. The molecular weight excluding hydrogens is 362 g/mol. The molecule has 0 radical (unpaired) electrons. The fourth-order valence-electron chi connectivity index (χ4n) is 3.23. The van der Waals surface area contributed by atoms with E-state index in [0.29, 0.717) is 18.7 Å². The first-order valence-electron chi connectivity index (χ1n) is 9.15. The molecule has 2 unspecified atom stereocenters. The number of fused-ring (bicyclic) bond motifs is 1. The van der Waals surface area contributed by atoms with Gasteiger partial charge in [0.2, 0.25) is 5.95 Å². The van der Waals surface area contributed by atoms with Gasteiger partial charge in [-0.3, -0.25) is 9.78 Å². The van der Waals surface area contributed by atoms with E-state index in [0.717, 1.165) is 5.57 Å². The van der Waals surface area contributed by atoms with Crippen molar-refractivity contribution in [2.45, 2.75) is 57.5 Å². The summed E-state index contributed by atoms with van der Waals surface area (Å²) in [5, 5.41) is 10.7. The topological polar surface area (TPSA) is 119 Å². The van der Waals surface area contributed by atoms with Crippen molar-refractivity contribution >= 4 is 25.4 Å². The summed E-state index contributed by atoms with van der Waals surface area (Å²) in [4.78, 5) is 22.8. The number of aliphatic hydroxyl groups is 1. The highest BCUT2D eigenvalue weighted by molar-refractivity contribution is 6.74. The van der Waals surface area contributed by atoms with Gasteiger partial charge in [0.25, 0.3) is 5.56 Å². The number of aromatic nitrogens is 4. The van der Waals surface area contributed by atoms with Gasteiger partial charge >= 0.3 is 0 Å². The number of nitrogens with zero attached hydrogens (tertiary/aromatic N) is 3. The second-order valence-corrected chi connectivity index (χ2v) is 13.7. The van der Waals surface area contributed by atoms with Crippen LogP contribution in [-0.4, -0.2) is 45.7 Å². The molecule has 9 heteroatoms. The van der Waals surface area contributed by atoms with Crippen LogP contribution in [0.5, 0.6) is 0 Å². The van der Waals surface area contributed by atoms with E-state index in [2.05, 4.69) is 55.4 Å². The Morgan fingerprint density at radius 2 is 2.15 bits per heavy atom. The van der Waals surface area contributed by atoms with Gasteiger partial charge in [-0.15, -0.1) is 0 Å². The van der Waals surface area contributed by atoms with Gasteiger partial charge in [-0.05, 0) is 30.1 Å². The number of hydrogen-bond donors (Lipinski definition) is 3. The van der Waals surface area contributed by atoms with Gasteiger partial charge in [0.15, 0.2) is 19.5 Å². The van der Waals surface area contributed by atoms with Crippen LogP contribution < -0.4 is 11.3 Å². The lowest BCUT2D eigenvalue weighted by Crippen LogP contribution is -2.42. The largest absolute Gasteiger partial charge is 0.416 e. The number of anilines is 1. The molecule has 1 aliphatic carbocycles. The molecule has 3 atom stereocenters. The highest BCUT2D eigenvalue weighted by Crippen LogP contribution is 2.42. The maximum Gasteiger partial charge on any atom is 0.280 e. The molecule has 2 aromatic heterocycles. The minimum absolute atomic E-state index is 0.0382. The van der Waals surface area contributed by atoms with E-state index in [1.807, 2.05) is 0 Å². The molecule has 2 aromatic rings. The number of nitrogens with two attached hydrogens (primary N) is 1. The van der Waals surface area contributed by atoms with E-state index in [9.17, 15) is 9.90 Å².